The van der Waals surface area contributed by atoms with Crippen LogP contribution in [0.15, 0.2) is 40.8 Å². The predicted octanol–water partition coefficient (Wildman–Crippen LogP) is 2.78. The van der Waals surface area contributed by atoms with E-state index in [4.69, 9.17) is 16.0 Å². The van der Waals surface area contributed by atoms with Crippen molar-refractivity contribution in [2.75, 3.05) is 6.54 Å². The Hall–Kier alpha value is -2.27. The van der Waals surface area contributed by atoms with Gasteiger partial charge in [-0.2, -0.15) is 0 Å². The number of para-hydroxylation sites is 2. The summed E-state index contributed by atoms with van der Waals surface area (Å²) in [5, 5.41) is 2.96. The monoisotopic (exact) mass is 289 g/mol. The zero-order chi connectivity index (χ0) is 13.9. The Bertz CT molecular complexity index is 715. The van der Waals surface area contributed by atoms with Gasteiger partial charge in [-0.1, -0.05) is 12.1 Å². The summed E-state index contributed by atoms with van der Waals surface area (Å²) in [5.74, 6) is 0.761. The molecule has 3 rings (SSSR count). The summed E-state index contributed by atoms with van der Waals surface area (Å²) in [4.78, 5) is 19.4. The van der Waals surface area contributed by atoms with Gasteiger partial charge in [0.05, 0.1) is 11.0 Å². The average Bonchev–Trinajstić information content (AvgIpc) is 3.04. The van der Waals surface area contributed by atoms with Gasteiger partial charge in [-0.05, 0) is 35.9 Å². The molecule has 0 spiro atoms. The van der Waals surface area contributed by atoms with Crippen LogP contribution >= 0.6 is 11.6 Å². The smallest absolute Gasteiger partial charge is 0.287 e. The van der Waals surface area contributed by atoms with Crippen LogP contribution in [-0.2, 0) is 6.42 Å². The number of carbonyl (C=O) groups is 1. The lowest BCUT2D eigenvalue weighted by Crippen LogP contribution is -2.25. The third-order valence-electron chi connectivity index (χ3n) is 2.88. The Morgan fingerprint density at radius 1 is 1.30 bits per heavy atom. The highest BCUT2D eigenvalue weighted by Crippen LogP contribution is 2.13. The molecule has 1 amide bonds. The number of aromatic amines is 1. The van der Waals surface area contributed by atoms with E-state index in [1.165, 1.54) is 6.07 Å². The van der Waals surface area contributed by atoms with Gasteiger partial charge in [0.2, 0.25) is 0 Å². The van der Waals surface area contributed by atoms with E-state index in [1.54, 1.807) is 6.07 Å². The number of halogens is 1. The molecule has 20 heavy (non-hydrogen) atoms. The first-order valence-electron chi connectivity index (χ1n) is 6.19. The molecule has 6 heteroatoms. The molecule has 0 saturated heterocycles. The van der Waals surface area contributed by atoms with E-state index in [0.717, 1.165) is 16.9 Å². The SMILES string of the molecule is O=C(NCCc1nc2ccccc2[nH]1)c1ccc(Cl)o1. The molecule has 0 aliphatic rings. The van der Waals surface area contributed by atoms with E-state index < -0.39 is 0 Å². The Kier molecular flexibility index (Phi) is 3.43. The number of hydrogen-bond donors (Lipinski definition) is 2. The standard InChI is InChI=1S/C14H12ClN3O2/c15-12-6-5-11(20-12)14(19)16-8-7-13-17-9-3-1-2-4-10(9)18-13/h1-6H,7-8H2,(H,16,19)(H,17,18). The number of benzene rings is 1. The van der Waals surface area contributed by atoms with Crippen LogP contribution in [0.2, 0.25) is 5.22 Å². The number of rotatable bonds is 4. The predicted molar refractivity (Wildman–Crippen MR) is 75.8 cm³/mol. The molecule has 0 fully saturated rings. The number of nitrogens with zero attached hydrogens (tertiary/aromatic N) is 1. The number of aromatic nitrogens is 2. The van der Waals surface area contributed by atoms with Crippen LogP contribution < -0.4 is 5.32 Å². The highest BCUT2D eigenvalue weighted by Gasteiger charge is 2.10. The molecule has 2 heterocycles. The largest absolute Gasteiger partial charge is 0.440 e. The quantitative estimate of drug-likeness (QED) is 0.776. The van der Waals surface area contributed by atoms with Gasteiger partial charge in [0.1, 0.15) is 5.82 Å². The molecule has 102 valence electrons. The van der Waals surface area contributed by atoms with E-state index in [1.807, 2.05) is 24.3 Å². The van der Waals surface area contributed by atoms with Gasteiger partial charge in [-0.25, -0.2) is 4.98 Å². The van der Waals surface area contributed by atoms with Gasteiger partial charge in [0.25, 0.3) is 5.91 Å². The molecular formula is C14H12ClN3O2. The van der Waals surface area contributed by atoms with Crippen LogP contribution in [0.1, 0.15) is 16.4 Å². The summed E-state index contributed by atoms with van der Waals surface area (Å²) in [6.07, 6.45) is 0.620. The Morgan fingerprint density at radius 2 is 2.15 bits per heavy atom. The molecule has 0 bridgehead atoms. The number of carbonyl (C=O) groups excluding carboxylic acids is 1. The summed E-state index contributed by atoms with van der Waals surface area (Å²) in [6, 6.07) is 10.9. The summed E-state index contributed by atoms with van der Waals surface area (Å²) in [6.45, 7) is 0.469. The second-order valence-corrected chi connectivity index (χ2v) is 4.68. The van der Waals surface area contributed by atoms with E-state index in [9.17, 15) is 4.79 Å². The normalized spacial score (nSPS) is 10.8. The lowest BCUT2D eigenvalue weighted by Gasteiger charge is -2.00. The van der Waals surface area contributed by atoms with E-state index in [0.29, 0.717) is 13.0 Å². The number of imidazole rings is 1. The average molecular weight is 290 g/mol. The van der Waals surface area contributed by atoms with Crippen LogP contribution in [0.5, 0.6) is 0 Å². The first kappa shape index (κ1) is 12.7. The lowest BCUT2D eigenvalue weighted by atomic mass is 10.3. The lowest BCUT2D eigenvalue weighted by molar-refractivity contribution is 0.0926. The molecule has 2 aromatic heterocycles. The van der Waals surface area contributed by atoms with Crippen molar-refractivity contribution in [2.24, 2.45) is 0 Å². The Balaban J connectivity index is 1.58. The van der Waals surface area contributed by atoms with Crippen molar-refractivity contribution in [3.63, 3.8) is 0 Å². The topological polar surface area (TPSA) is 70.9 Å². The van der Waals surface area contributed by atoms with Crippen molar-refractivity contribution >= 4 is 28.5 Å². The van der Waals surface area contributed by atoms with Crippen molar-refractivity contribution in [1.82, 2.24) is 15.3 Å². The molecule has 0 atom stereocenters. The summed E-state index contributed by atoms with van der Waals surface area (Å²) in [7, 11) is 0. The first-order chi connectivity index (χ1) is 9.72. The number of H-pyrrole nitrogens is 1. The number of furan rings is 1. The van der Waals surface area contributed by atoms with Crippen molar-refractivity contribution in [2.45, 2.75) is 6.42 Å². The highest BCUT2D eigenvalue weighted by molar-refractivity contribution is 6.29. The first-order valence-corrected chi connectivity index (χ1v) is 6.57. The molecule has 5 nitrogen and oxygen atoms in total. The molecule has 0 aliphatic heterocycles. The van der Waals surface area contributed by atoms with Crippen LogP contribution in [0.4, 0.5) is 0 Å². The van der Waals surface area contributed by atoms with Crippen molar-refractivity contribution in [3.05, 3.63) is 53.2 Å². The Morgan fingerprint density at radius 3 is 2.90 bits per heavy atom. The maximum atomic E-state index is 11.7. The van der Waals surface area contributed by atoms with Gasteiger partial charge in [-0.15, -0.1) is 0 Å². The molecule has 0 aliphatic carbocycles. The second-order valence-electron chi connectivity index (χ2n) is 4.31. The van der Waals surface area contributed by atoms with E-state index in [2.05, 4.69) is 15.3 Å². The van der Waals surface area contributed by atoms with Crippen LogP contribution in [-0.4, -0.2) is 22.4 Å². The molecule has 0 radical (unpaired) electrons. The fourth-order valence-electron chi connectivity index (χ4n) is 1.94. The molecule has 0 saturated carbocycles. The summed E-state index contributed by atoms with van der Waals surface area (Å²) in [5.41, 5.74) is 1.92. The fourth-order valence-corrected chi connectivity index (χ4v) is 2.09. The Labute approximate surface area is 120 Å². The number of amides is 1. The van der Waals surface area contributed by atoms with Gasteiger partial charge < -0.3 is 14.7 Å². The molecule has 1 aromatic carbocycles. The number of nitrogens with one attached hydrogen (secondary N) is 2. The van der Waals surface area contributed by atoms with Gasteiger partial charge in [-0.3, -0.25) is 4.79 Å². The zero-order valence-corrected chi connectivity index (χ0v) is 11.3. The maximum Gasteiger partial charge on any atom is 0.287 e. The van der Waals surface area contributed by atoms with Crippen molar-refractivity contribution < 1.29 is 9.21 Å². The third kappa shape index (κ3) is 2.67. The van der Waals surface area contributed by atoms with Gasteiger partial charge in [0, 0.05) is 13.0 Å². The molecule has 2 N–H and O–H groups in total. The summed E-state index contributed by atoms with van der Waals surface area (Å²) < 4.78 is 5.03. The number of fused-ring (bicyclic) bond motifs is 1. The minimum atomic E-state index is -0.284. The maximum absolute atomic E-state index is 11.7. The van der Waals surface area contributed by atoms with Crippen LogP contribution in [0.3, 0.4) is 0 Å². The zero-order valence-electron chi connectivity index (χ0n) is 10.5. The fraction of sp³-hybridized carbons (Fsp3) is 0.143. The highest BCUT2D eigenvalue weighted by atomic mass is 35.5. The van der Waals surface area contributed by atoms with Crippen molar-refractivity contribution in [1.29, 1.82) is 0 Å². The van der Waals surface area contributed by atoms with Gasteiger partial charge in [0.15, 0.2) is 11.0 Å². The molecule has 3 aromatic rings. The minimum absolute atomic E-state index is 0.201. The molecular weight excluding hydrogens is 278 g/mol. The van der Waals surface area contributed by atoms with E-state index in [-0.39, 0.29) is 16.9 Å². The van der Waals surface area contributed by atoms with Crippen LogP contribution in [0, 0.1) is 0 Å². The molecule has 0 unspecified atom stereocenters. The van der Waals surface area contributed by atoms with Crippen LogP contribution in [0.25, 0.3) is 11.0 Å². The van der Waals surface area contributed by atoms with Crippen molar-refractivity contribution in [3.8, 4) is 0 Å². The van der Waals surface area contributed by atoms with E-state index >= 15 is 0 Å². The third-order valence-corrected chi connectivity index (χ3v) is 3.09. The van der Waals surface area contributed by atoms with Gasteiger partial charge >= 0.3 is 0 Å². The number of hydrogen-bond acceptors (Lipinski definition) is 3. The summed E-state index contributed by atoms with van der Waals surface area (Å²) >= 11 is 5.62. The minimum Gasteiger partial charge on any atom is -0.440 e. The second kappa shape index (κ2) is 5.38.